The van der Waals surface area contributed by atoms with Crippen LogP contribution in [-0.2, 0) is 0 Å². The largest absolute Gasteiger partial charge is 0.370 e. The number of hydrogen-bond donors (Lipinski definition) is 2. The first-order valence-corrected chi connectivity index (χ1v) is 10.9. The second-order valence-electron chi connectivity index (χ2n) is 8.66. The number of benzene rings is 1. The summed E-state index contributed by atoms with van der Waals surface area (Å²) in [5.41, 5.74) is 5.67. The molecule has 2 aromatic heterocycles. The quantitative estimate of drug-likeness (QED) is 0.546. The van der Waals surface area contributed by atoms with E-state index in [-0.39, 0.29) is 0 Å². The van der Waals surface area contributed by atoms with E-state index in [1.54, 1.807) is 0 Å². The van der Waals surface area contributed by atoms with E-state index in [0.29, 0.717) is 0 Å². The smallest absolute Gasteiger partial charge is 0.138 e. The van der Waals surface area contributed by atoms with E-state index in [2.05, 4.69) is 59.3 Å². The number of aromatic amines is 1. The number of anilines is 1. The van der Waals surface area contributed by atoms with Gasteiger partial charge in [-0.3, -0.25) is 0 Å². The van der Waals surface area contributed by atoms with Crippen molar-refractivity contribution in [2.75, 3.05) is 32.0 Å². The molecule has 0 aliphatic carbocycles. The minimum absolute atomic E-state index is 0.904. The monoisotopic (exact) mass is 391 g/mol. The molecule has 1 aromatic carbocycles. The van der Waals surface area contributed by atoms with E-state index in [1.807, 2.05) is 12.3 Å². The maximum atomic E-state index is 4.82. The molecule has 0 unspecified atom stereocenters. The van der Waals surface area contributed by atoms with Crippen LogP contribution in [0.3, 0.4) is 0 Å². The minimum Gasteiger partial charge on any atom is -0.370 e. The van der Waals surface area contributed by atoms with Crippen LogP contribution in [0.15, 0.2) is 30.5 Å². The molecule has 1 fully saturated rings. The molecule has 4 rings (SSSR count). The van der Waals surface area contributed by atoms with Crippen molar-refractivity contribution in [2.24, 2.45) is 5.92 Å². The number of rotatable bonds is 7. The van der Waals surface area contributed by atoms with Gasteiger partial charge in [-0.1, -0.05) is 18.9 Å². The Balaban J connectivity index is 1.31. The molecule has 0 bridgehead atoms. The summed E-state index contributed by atoms with van der Waals surface area (Å²) in [7, 11) is 2.23. The van der Waals surface area contributed by atoms with E-state index >= 15 is 0 Å². The second kappa shape index (κ2) is 8.95. The first kappa shape index (κ1) is 19.9. The molecule has 3 heterocycles. The molecule has 0 radical (unpaired) electrons. The van der Waals surface area contributed by atoms with Gasteiger partial charge in [-0.05, 0) is 88.5 Å². The number of hydrogen-bond acceptors (Lipinski definition) is 4. The molecule has 0 amide bonds. The van der Waals surface area contributed by atoms with E-state index in [1.165, 1.54) is 56.3 Å². The van der Waals surface area contributed by atoms with Gasteiger partial charge in [0.15, 0.2) is 0 Å². The molecule has 0 spiro atoms. The zero-order chi connectivity index (χ0) is 20.2. The predicted octanol–water partition coefficient (Wildman–Crippen LogP) is 5.17. The Labute approximate surface area is 174 Å². The van der Waals surface area contributed by atoms with Crippen LogP contribution in [0.1, 0.15) is 43.2 Å². The number of aromatic nitrogens is 3. The Morgan fingerprint density at radius 3 is 2.79 bits per heavy atom. The minimum atomic E-state index is 0.904. The van der Waals surface area contributed by atoms with Crippen LogP contribution in [0.4, 0.5) is 5.82 Å². The SMILES string of the molecule is Cc1cc(C)c2nc(-c3ccnc(NCCCCC4CCN(C)CC4)c3)[nH]c2c1. The first-order chi connectivity index (χ1) is 14.1. The molecule has 5 nitrogen and oxygen atoms in total. The highest BCUT2D eigenvalue weighted by molar-refractivity contribution is 5.83. The third-order valence-electron chi connectivity index (χ3n) is 6.14. The standard InChI is InChI=1S/C24H33N5/c1-17-14-18(2)23-21(15-17)27-24(28-23)20-7-11-26-22(16-20)25-10-5-4-6-19-8-12-29(3)13-9-19/h7,11,14-16,19H,4-6,8-10,12-13H2,1-3H3,(H,25,26)(H,27,28). The van der Waals surface area contributed by atoms with Gasteiger partial charge in [0, 0.05) is 18.3 Å². The van der Waals surface area contributed by atoms with Crippen molar-refractivity contribution in [3.63, 3.8) is 0 Å². The molecule has 5 heteroatoms. The summed E-state index contributed by atoms with van der Waals surface area (Å²) in [6.45, 7) is 7.74. The fourth-order valence-corrected chi connectivity index (χ4v) is 4.41. The average molecular weight is 392 g/mol. The van der Waals surface area contributed by atoms with Crippen LogP contribution in [0, 0.1) is 19.8 Å². The molecular formula is C24H33N5. The fourth-order valence-electron chi connectivity index (χ4n) is 4.41. The fraction of sp³-hybridized carbons (Fsp3) is 0.500. The normalized spacial score (nSPS) is 15.8. The molecule has 154 valence electrons. The van der Waals surface area contributed by atoms with Crippen LogP contribution >= 0.6 is 0 Å². The summed E-state index contributed by atoms with van der Waals surface area (Å²) < 4.78 is 0. The molecule has 3 aromatic rings. The molecule has 2 N–H and O–H groups in total. The van der Waals surface area contributed by atoms with Crippen molar-refractivity contribution < 1.29 is 0 Å². The molecular weight excluding hydrogens is 358 g/mol. The van der Waals surface area contributed by atoms with Gasteiger partial charge < -0.3 is 15.2 Å². The number of H-pyrrole nitrogens is 1. The van der Waals surface area contributed by atoms with Crippen molar-refractivity contribution >= 4 is 16.9 Å². The number of nitrogens with one attached hydrogen (secondary N) is 2. The van der Waals surface area contributed by atoms with Crippen LogP contribution in [0.25, 0.3) is 22.4 Å². The average Bonchev–Trinajstić information content (AvgIpc) is 3.14. The Kier molecular flexibility index (Phi) is 6.14. The van der Waals surface area contributed by atoms with Crippen molar-refractivity contribution in [2.45, 2.75) is 46.0 Å². The summed E-state index contributed by atoms with van der Waals surface area (Å²) in [6, 6.07) is 8.45. The van der Waals surface area contributed by atoms with Gasteiger partial charge in [0.2, 0.25) is 0 Å². The summed E-state index contributed by atoms with van der Waals surface area (Å²) in [5, 5.41) is 3.49. The summed E-state index contributed by atoms with van der Waals surface area (Å²) in [6.07, 6.45) is 8.45. The number of pyridine rings is 1. The molecule has 1 saturated heterocycles. The molecule has 0 saturated carbocycles. The van der Waals surface area contributed by atoms with Gasteiger partial charge in [0.1, 0.15) is 11.6 Å². The van der Waals surface area contributed by atoms with E-state index < -0.39 is 0 Å². The number of unbranched alkanes of at least 4 members (excludes halogenated alkanes) is 1. The van der Waals surface area contributed by atoms with Gasteiger partial charge in [0.25, 0.3) is 0 Å². The first-order valence-electron chi connectivity index (χ1n) is 10.9. The Hall–Kier alpha value is -2.40. The summed E-state index contributed by atoms with van der Waals surface area (Å²) >= 11 is 0. The predicted molar refractivity (Wildman–Crippen MR) is 121 cm³/mol. The lowest BCUT2D eigenvalue weighted by Crippen LogP contribution is -2.30. The number of likely N-dealkylation sites (tertiary alicyclic amines) is 1. The third-order valence-corrected chi connectivity index (χ3v) is 6.14. The van der Waals surface area contributed by atoms with Gasteiger partial charge in [-0.2, -0.15) is 0 Å². The Bertz CT molecular complexity index is 953. The van der Waals surface area contributed by atoms with Crippen molar-refractivity contribution in [1.29, 1.82) is 0 Å². The maximum absolute atomic E-state index is 4.82. The number of piperidine rings is 1. The maximum Gasteiger partial charge on any atom is 0.138 e. The van der Waals surface area contributed by atoms with Gasteiger partial charge in [-0.15, -0.1) is 0 Å². The third kappa shape index (κ3) is 4.96. The lowest BCUT2D eigenvalue weighted by Gasteiger charge is -2.28. The Morgan fingerprint density at radius 1 is 1.14 bits per heavy atom. The van der Waals surface area contributed by atoms with Gasteiger partial charge >= 0.3 is 0 Å². The van der Waals surface area contributed by atoms with Gasteiger partial charge in [-0.25, -0.2) is 9.97 Å². The highest BCUT2D eigenvalue weighted by Crippen LogP contribution is 2.25. The zero-order valence-electron chi connectivity index (χ0n) is 18.0. The Morgan fingerprint density at radius 2 is 1.97 bits per heavy atom. The van der Waals surface area contributed by atoms with E-state index in [9.17, 15) is 0 Å². The molecule has 1 aliphatic heterocycles. The number of nitrogens with zero attached hydrogens (tertiary/aromatic N) is 3. The zero-order valence-corrected chi connectivity index (χ0v) is 18.0. The highest BCUT2D eigenvalue weighted by atomic mass is 15.1. The van der Waals surface area contributed by atoms with Crippen LogP contribution < -0.4 is 5.32 Å². The number of imidazole rings is 1. The van der Waals surface area contributed by atoms with Crippen LogP contribution in [-0.4, -0.2) is 46.5 Å². The van der Waals surface area contributed by atoms with Crippen LogP contribution in [0.5, 0.6) is 0 Å². The molecule has 29 heavy (non-hydrogen) atoms. The van der Waals surface area contributed by atoms with E-state index in [0.717, 1.165) is 40.7 Å². The summed E-state index contributed by atoms with van der Waals surface area (Å²) in [4.78, 5) is 15.2. The topological polar surface area (TPSA) is 56.8 Å². The molecule has 0 atom stereocenters. The number of aryl methyl sites for hydroxylation is 2. The lowest BCUT2D eigenvalue weighted by atomic mass is 9.92. The van der Waals surface area contributed by atoms with Gasteiger partial charge in [0.05, 0.1) is 11.0 Å². The van der Waals surface area contributed by atoms with Crippen LogP contribution in [0.2, 0.25) is 0 Å². The van der Waals surface area contributed by atoms with E-state index in [4.69, 9.17) is 4.98 Å². The van der Waals surface area contributed by atoms with Crippen molar-refractivity contribution in [3.05, 3.63) is 41.6 Å². The second-order valence-corrected chi connectivity index (χ2v) is 8.66. The highest BCUT2D eigenvalue weighted by Gasteiger charge is 2.15. The van der Waals surface area contributed by atoms with Crippen molar-refractivity contribution in [1.82, 2.24) is 19.9 Å². The van der Waals surface area contributed by atoms with Crippen molar-refractivity contribution in [3.8, 4) is 11.4 Å². The number of fused-ring (bicyclic) bond motifs is 1. The summed E-state index contributed by atoms with van der Waals surface area (Å²) in [5.74, 6) is 2.75. The molecule has 1 aliphatic rings. The lowest BCUT2D eigenvalue weighted by molar-refractivity contribution is 0.210.